The molecule has 1 aliphatic rings. The summed E-state index contributed by atoms with van der Waals surface area (Å²) in [4.78, 5) is 0. The molecule has 0 bridgehead atoms. The van der Waals surface area contributed by atoms with Gasteiger partial charge in [0, 0.05) is 17.6 Å². The highest BCUT2D eigenvalue weighted by atomic mass is 19.4. The Balaban J connectivity index is 2.17. The number of aliphatic hydroxyl groups is 1. The van der Waals surface area contributed by atoms with Gasteiger partial charge in [0.15, 0.2) is 0 Å². The van der Waals surface area contributed by atoms with Crippen LogP contribution in [0.2, 0.25) is 0 Å². The average Bonchev–Trinajstić information content (AvgIpc) is 3.16. The maximum Gasteiger partial charge on any atom is 0.417 e. The predicted octanol–water partition coefficient (Wildman–Crippen LogP) is 2.76. The lowest BCUT2D eigenvalue weighted by Gasteiger charge is -2.16. The number of nitriles is 1. The second kappa shape index (κ2) is 4.74. The molecule has 0 atom stereocenters. The van der Waals surface area contributed by atoms with E-state index in [4.69, 9.17) is 10.4 Å². The Bertz CT molecular complexity index is 516. The number of nitrogens with zero attached hydrogens (tertiary/aromatic N) is 1. The van der Waals surface area contributed by atoms with Crippen molar-refractivity contribution in [1.29, 1.82) is 5.26 Å². The molecule has 1 aliphatic carbocycles. The Labute approximate surface area is 108 Å². The number of nitrogens with one attached hydrogen (secondary N) is 1. The number of rotatable bonds is 4. The first kappa shape index (κ1) is 13.7. The van der Waals surface area contributed by atoms with E-state index in [9.17, 15) is 13.2 Å². The molecule has 0 heterocycles. The Morgan fingerprint density at radius 1 is 1.37 bits per heavy atom. The quantitative estimate of drug-likeness (QED) is 0.884. The molecule has 0 amide bonds. The molecule has 1 fully saturated rings. The zero-order chi connectivity index (χ0) is 14.1. The van der Waals surface area contributed by atoms with Gasteiger partial charge < -0.3 is 10.4 Å². The highest BCUT2D eigenvalue weighted by molar-refractivity contribution is 5.53. The molecule has 6 heteroatoms. The summed E-state index contributed by atoms with van der Waals surface area (Å²) in [5.74, 6) is 0. The molecule has 0 saturated heterocycles. The molecule has 0 radical (unpaired) electrons. The van der Waals surface area contributed by atoms with Gasteiger partial charge in [0.2, 0.25) is 0 Å². The van der Waals surface area contributed by atoms with Crippen molar-refractivity contribution in [1.82, 2.24) is 0 Å². The topological polar surface area (TPSA) is 56.0 Å². The van der Waals surface area contributed by atoms with Crippen LogP contribution in [-0.4, -0.2) is 18.3 Å². The maximum absolute atomic E-state index is 12.7. The highest BCUT2D eigenvalue weighted by Crippen LogP contribution is 2.45. The van der Waals surface area contributed by atoms with Crippen LogP contribution < -0.4 is 5.32 Å². The minimum absolute atomic E-state index is 0.0302. The Kier molecular flexibility index (Phi) is 3.42. The fourth-order valence-electron chi connectivity index (χ4n) is 1.84. The molecular formula is C13H13F3N2O. The molecule has 3 nitrogen and oxygen atoms in total. The lowest BCUT2D eigenvalue weighted by atomic mass is 10.1. The summed E-state index contributed by atoms with van der Waals surface area (Å²) in [5, 5.41) is 20.7. The van der Waals surface area contributed by atoms with E-state index in [1.165, 1.54) is 12.1 Å². The standard InChI is InChI=1S/C13H13F3N2O/c14-13(15,16)11-5-10(2-1-9(11)6-17)18-7-12(8-19)3-4-12/h1-2,5,18-19H,3-4,7-8H2. The zero-order valence-corrected chi connectivity index (χ0v) is 10.1. The van der Waals surface area contributed by atoms with Crippen LogP contribution in [0.4, 0.5) is 18.9 Å². The minimum Gasteiger partial charge on any atom is -0.396 e. The van der Waals surface area contributed by atoms with Crippen molar-refractivity contribution < 1.29 is 18.3 Å². The first-order chi connectivity index (χ1) is 8.90. The SMILES string of the molecule is N#Cc1ccc(NCC2(CO)CC2)cc1C(F)(F)F. The van der Waals surface area contributed by atoms with E-state index in [0.29, 0.717) is 12.2 Å². The fourth-order valence-corrected chi connectivity index (χ4v) is 1.84. The van der Waals surface area contributed by atoms with Crippen molar-refractivity contribution in [2.24, 2.45) is 5.41 Å². The van der Waals surface area contributed by atoms with Gasteiger partial charge in [-0.25, -0.2) is 0 Å². The van der Waals surface area contributed by atoms with Crippen LogP contribution in [0.3, 0.4) is 0 Å². The van der Waals surface area contributed by atoms with Gasteiger partial charge in [-0.15, -0.1) is 0 Å². The number of hydrogen-bond donors (Lipinski definition) is 2. The van der Waals surface area contributed by atoms with Gasteiger partial charge in [0.1, 0.15) is 0 Å². The predicted molar refractivity (Wildman–Crippen MR) is 63.4 cm³/mol. The van der Waals surface area contributed by atoms with E-state index >= 15 is 0 Å². The molecule has 0 aromatic heterocycles. The lowest BCUT2D eigenvalue weighted by Crippen LogP contribution is -2.19. The number of hydrogen-bond acceptors (Lipinski definition) is 3. The molecule has 0 aliphatic heterocycles. The molecular weight excluding hydrogens is 257 g/mol. The fraction of sp³-hybridized carbons (Fsp3) is 0.462. The van der Waals surface area contributed by atoms with Crippen molar-refractivity contribution in [3.05, 3.63) is 29.3 Å². The number of benzene rings is 1. The van der Waals surface area contributed by atoms with Crippen molar-refractivity contribution in [3.8, 4) is 6.07 Å². The van der Waals surface area contributed by atoms with Crippen LogP contribution in [0.25, 0.3) is 0 Å². The van der Waals surface area contributed by atoms with Crippen LogP contribution >= 0.6 is 0 Å². The summed E-state index contributed by atoms with van der Waals surface area (Å²) in [5.41, 5.74) is -1.20. The maximum atomic E-state index is 12.7. The number of aliphatic hydroxyl groups excluding tert-OH is 1. The smallest absolute Gasteiger partial charge is 0.396 e. The first-order valence-electron chi connectivity index (χ1n) is 5.86. The summed E-state index contributed by atoms with van der Waals surface area (Å²) in [7, 11) is 0. The van der Waals surface area contributed by atoms with Crippen LogP contribution in [0.5, 0.6) is 0 Å². The Hall–Kier alpha value is -1.74. The molecule has 1 aromatic rings. The molecule has 102 valence electrons. The second-order valence-corrected chi connectivity index (χ2v) is 4.88. The second-order valence-electron chi connectivity index (χ2n) is 4.88. The molecule has 2 rings (SSSR count). The van der Waals surface area contributed by atoms with E-state index in [2.05, 4.69) is 5.32 Å². The summed E-state index contributed by atoms with van der Waals surface area (Å²) < 4.78 is 38.2. The van der Waals surface area contributed by atoms with Crippen molar-refractivity contribution in [2.75, 3.05) is 18.5 Å². The molecule has 0 unspecified atom stereocenters. The largest absolute Gasteiger partial charge is 0.417 e. The average molecular weight is 270 g/mol. The van der Waals surface area contributed by atoms with Gasteiger partial charge in [0.25, 0.3) is 0 Å². The molecule has 1 saturated carbocycles. The summed E-state index contributed by atoms with van der Waals surface area (Å²) in [6.45, 7) is 0.467. The van der Waals surface area contributed by atoms with E-state index in [-0.39, 0.29) is 17.6 Å². The van der Waals surface area contributed by atoms with Crippen LogP contribution in [0.15, 0.2) is 18.2 Å². The summed E-state index contributed by atoms with van der Waals surface area (Å²) in [6.07, 6.45) is -2.80. The Morgan fingerprint density at radius 2 is 2.05 bits per heavy atom. The van der Waals surface area contributed by atoms with Crippen LogP contribution in [0.1, 0.15) is 24.0 Å². The number of alkyl halides is 3. The number of halogens is 3. The van der Waals surface area contributed by atoms with E-state index in [1.54, 1.807) is 0 Å². The van der Waals surface area contributed by atoms with E-state index in [0.717, 1.165) is 25.0 Å². The highest BCUT2D eigenvalue weighted by Gasteiger charge is 2.41. The third-order valence-electron chi connectivity index (χ3n) is 3.41. The van der Waals surface area contributed by atoms with Crippen molar-refractivity contribution in [3.63, 3.8) is 0 Å². The Morgan fingerprint density at radius 3 is 2.53 bits per heavy atom. The first-order valence-corrected chi connectivity index (χ1v) is 5.86. The third kappa shape index (κ3) is 2.99. The summed E-state index contributed by atoms with van der Waals surface area (Å²) >= 11 is 0. The van der Waals surface area contributed by atoms with Gasteiger partial charge in [-0.05, 0) is 31.0 Å². The van der Waals surface area contributed by atoms with Gasteiger partial charge in [-0.3, -0.25) is 0 Å². The normalized spacial score (nSPS) is 16.8. The molecule has 2 N–H and O–H groups in total. The molecule has 0 spiro atoms. The van der Waals surface area contributed by atoms with Gasteiger partial charge >= 0.3 is 6.18 Å². The van der Waals surface area contributed by atoms with Crippen molar-refractivity contribution in [2.45, 2.75) is 19.0 Å². The van der Waals surface area contributed by atoms with Gasteiger partial charge in [-0.2, -0.15) is 18.4 Å². The van der Waals surface area contributed by atoms with Crippen molar-refractivity contribution >= 4 is 5.69 Å². The van der Waals surface area contributed by atoms with Crippen LogP contribution in [-0.2, 0) is 6.18 Å². The number of anilines is 1. The zero-order valence-electron chi connectivity index (χ0n) is 10.1. The van der Waals surface area contributed by atoms with Gasteiger partial charge in [-0.1, -0.05) is 0 Å². The van der Waals surface area contributed by atoms with E-state index < -0.39 is 11.7 Å². The monoisotopic (exact) mass is 270 g/mol. The van der Waals surface area contributed by atoms with E-state index in [1.807, 2.05) is 0 Å². The molecule has 1 aromatic carbocycles. The summed E-state index contributed by atoms with van der Waals surface area (Å²) in [6, 6.07) is 5.08. The minimum atomic E-state index is -4.54. The third-order valence-corrected chi connectivity index (χ3v) is 3.41. The van der Waals surface area contributed by atoms with Crippen LogP contribution in [0, 0.1) is 16.7 Å². The van der Waals surface area contributed by atoms with Gasteiger partial charge in [0.05, 0.1) is 23.8 Å². The lowest BCUT2D eigenvalue weighted by molar-refractivity contribution is -0.137. The molecule has 19 heavy (non-hydrogen) atoms.